The van der Waals surface area contributed by atoms with Gasteiger partial charge in [-0.3, -0.25) is 9.78 Å². The maximum atomic E-state index is 12.4. The van der Waals surface area contributed by atoms with Crippen molar-refractivity contribution in [3.63, 3.8) is 0 Å². The molecule has 0 unspecified atom stereocenters. The highest BCUT2D eigenvalue weighted by molar-refractivity contribution is 5.94. The Morgan fingerprint density at radius 2 is 2.00 bits per heavy atom. The van der Waals surface area contributed by atoms with Gasteiger partial charge in [0.05, 0.1) is 0 Å². The van der Waals surface area contributed by atoms with Gasteiger partial charge in [-0.15, -0.1) is 10.2 Å². The van der Waals surface area contributed by atoms with Gasteiger partial charge in [0, 0.05) is 29.2 Å². The minimum Gasteiger partial charge on any atom is -0.360 e. The molecule has 2 aromatic heterocycles. The molecular formula is C18H22N6O. The van der Waals surface area contributed by atoms with Gasteiger partial charge in [0.1, 0.15) is 0 Å². The lowest BCUT2D eigenvalue weighted by atomic mass is 10.1. The molecule has 1 saturated heterocycles. The number of H-pyrrole nitrogens is 2. The summed E-state index contributed by atoms with van der Waals surface area (Å²) < 4.78 is 0. The molecule has 1 aromatic carbocycles. The van der Waals surface area contributed by atoms with Crippen LogP contribution in [-0.4, -0.2) is 51.2 Å². The van der Waals surface area contributed by atoms with Crippen molar-refractivity contribution in [2.75, 3.05) is 31.5 Å². The van der Waals surface area contributed by atoms with Crippen molar-refractivity contribution in [1.82, 2.24) is 25.1 Å². The van der Waals surface area contributed by atoms with Crippen LogP contribution in [0.5, 0.6) is 0 Å². The van der Waals surface area contributed by atoms with Gasteiger partial charge in [-0.1, -0.05) is 18.2 Å². The van der Waals surface area contributed by atoms with E-state index in [9.17, 15) is 4.79 Å². The highest BCUT2D eigenvalue weighted by atomic mass is 16.1. The van der Waals surface area contributed by atoms with Crippen LogP contribution in [0.15, 0.2) is 35.3 Å². The topological polar surface area (TPSA) is 89.7 Å². The summed E-state index contributed by atoms with van der Waals surface area (Å²) >= 11 is 0. The first-order valence-electron chi connectivity index (χ1n) is 8.81. The van der Waals surface area contributed by atoms with Gasteiger partial charge in [-0.25, -0.2) is 0 Å². The van der Waals surface area contributed by atoms with Gasteiger partial charge in [0.15, 0.2) is 5.69 Å². The molecule has 0 atom stereocenters. The average Bonchev–Trinajstić information content (AvgIpc) is 3.29. The van der Waals surface area contributed by atoms with Gasteiger partial charge < -0.3 is 15.2 Å². The first-order valence-corrected chi connectivity index (χ1v) is 8.81. The largest absolute Gasteiger partial charge is 0.360 e. The Bertz CT molecular complexity index is 909. The van der Waals surface area contributed by atoms with Crippen LogP contribution in [0.4, 0.5) is 5.95 Å². The van der Waals surface area contributed by atoms with Crippen molar-refractivity contribution in [3.05, 3.63) is 40.8 Å². The van der Waals surface area contributed by atoms with Crippen LogP contribution in [0.3, 0.4) is 0 Å². The highest BCUT2D eigenvalue weighted by Gasteiger charge is 2.13. The molecule has 0 amide bonds. The number of likely N-dealkylation sites (tertiary alicyclic amines) is 1. The molecule has 1 aliphatic heterocycles. The fraction of sp³-hybridized carbons (Fsp3) is 0.389. The summed E-state index contributed by atoms with van der Waals surface area (Å²) in [7, 11) is 0. The Balaban J connectivity index is 1.43. The number of nitrogens with zero attached hydrogens (tertiary/aromatic N) is 3. The highest BCUT2D eigenvalue weighted by Crippen LogP contribution is 2.24. The lowest BCUT2D eigenvalue weighted by molar-refractivity contribution is 0.337. The zero-order valence-corrected chi connectivity index (χ0v) is 14.1. The van der Waals surface area contributed by atoms with E-state index < -0.39 is 0 Å². The van der Waals surface area contributed by atoms with Gasteiger partial charge in [-0.05, 0) is 45.0 Å². The van der Waals surface area contributed by atoms with Gasteiger partial charge in [0.25, 0.3) is 5.56 Å². The van der Waals surface area contributed by atoms with Crippen LogP contribution >= 0.6 is 0 Å². The molecule has 25 heavy (non-hydrogen) atoms. The number of rotatable bonds is 6. The molecule has 3 heterocycles. The number of para-hydroxylation sites is 1. The van der Waals surface area contributed by atoms with E-state index in [-0.39, 0.29) is 5.56 Å². The quantitative estimate of drug-likeness (QED) is 0.600. The lowest BCUT2D eigenvalue weighted by Crippen LogP contribution is -2.23. The number of hydrogen-bond donors (Lipinski definition) is 3. The number of aromatic amines is 2. The molecule has 4 rings (SSSR count). The van der Waals surface area contributed by atoms with Crippen LogP contribution < -0.4 is 10.9 Å². The minimum absolute atomic E-state index is 0.234. The fourth-order valence-electron chi connectivity index (χ4n) is 3.38. The van der Waals surface area contributed by atoms with Crippen molar-refractivity contribution in [3.8, 4) is 11.3 Å². The zero-order valence-electron chi connectivity index (χ0n) is 14.1. The van der Waals surface area contributed by atoms with Crippen molar-refractivity contribution >= 4 is 16.9 Å². The van der Waals surface area contributed by atoms with Crippen LogP contribution in [-0.2, 0) is 0 Å². The first kappa shape index (κ1) is 15.8. The van der Waals surface area contributed by atoms with Crippen molar-refractivity contribution in [2.45, 2.75) is 19.3 Å². The molecule has 130 valence electrons. The Morgan fingerprint density at radius 1 is 1.16 bits per heavy atom. The summed E-state index contributed by atoms with van der Waals surface area (Å²) in [6.07, 6.45) is 5.43. The molecule has 0 aliphatic carbocycles. The van der Waals surface area contributed by atoms with E-state index in [4.69, 9.17) is 0 Å². The maximum absolute atomic E-state index is 12.4. The van der Waals surface area contributed by atoms with E-state index >= 15 is 0 Å². The standard InChI is InChI=1S/C18H22N6O/c25-17-16(14-12-20-15-7-2-1-6-13(14)15)22-23-18(21-17)19-8-5-11-24-9-3-4-10-24/h1-2,6-7,12,20H,3-5,8-11H2,(H2,19,21,23,25). The van der Waals surface area contributed by atoms with Gasteiger partial charge in [0.2, 0.25) is 5.95 Å². The first-order chi connectivity index (χ1) is 12.3. The molecule has 7 heteroatoms. The second-order valence-electron chi connectivity index (χ2n) is 6.43. The predicted molar refractivity (Wildman–Crippen MR) is 98.7 cm³/mol. The monoisotopic (exact) mass is 338 g/mol. The van der Waals surface area contributed by atoms with E-state index in [2.05, 4.69) is 30.4 Å². The second-order valence-corrected chi connectivity index (χ2v) is 6.43. The Morgan fingerprint density at radius 3 is 2.84 bits per heavy atom. The Hall–Kier alpha value is -2.67. The van der Waals surface area contributed by atoms with Crippen LogP contribution in [0.1, 0.15) is 19.3 Å². The fourth-order valence-corrected chi connectivity index (χ4v) is 3.38. The smallest absolute Gasteiger partial charge is 0.279 e. The molecule has 0 radical (unpaired) electrons. The van der Waals surface area contributed by atoms with Gasteiger partial charge in [-0.2, -0.15) is 0 Å². The Labute approximate surface area is 145 Å². The van der Waals surface area contributed by atoms with Crippen molar-refractivity contribution < 1.29 is 0 Å². The molecule has 1 aliphatic rings. The number of nitrogens with one attached hydrogen (secondary N) is 3. The number of benzene rings is 1. The predicted octanol–water partition coefficient (Wildman–Crippen LogP) is 2.21. The zero-order chi connectivity index (χ0) is 17.1. The molecule has 0 saturated carbocycles. The summed E-state index contributed by atoms with van der Waals surface area (Å²) in [5.74, 6) is 0.426. The van der Waals surface area contributed by atoms with Crippen molar-refractivity contribution in [1.29, 1.82) is 0 Å². The van der Waals surface area contributed by atoms with Crippen LogP contribution in [0, 0.1) is 0 Å². The lowest BCUT2D eigenvalue weighted by Gasteiger charge is -2.14. The summed E-state index contributed by atoms with van der Waals surface area (Å²) in [4.78, 5) is 20.8. The third kappa shape index (κ3) is 3.41. The molecular weight excluding hydrogens is 316 g/mol. The third-order valence-electron chi connectivity index (χ3n) is 4.68. The van der Waals surface area contributed by atoms with Crippen LogP contribution in [0.25, 0.3) is 22.2 Å². The summed E-state index contributed by atoms with van der Waals surface area (Å²) in [5.41, 5.74) is 1.84. The second kappa shape index (κ2) is 7.06. The van der Waals surface area contributed by atoms with E-state index in [1.165, 1.54) is 25.9 Å². The average molecular weight is 338 g/mol. The Kier molecular flexibility index (Phi) is 4.47. The molecule has 3 aromatic rings. The maximum Gasteiger partial charge on any atom is 0.279 e. The number of aromatic nitrogens is 4. The number of anilines is 1. The van der Waals surface area contributed by atoms with E-state index in [0.29, 0.717) is 11.6 Å². The molecule has 3 N–H and O–H groups in total. The molecule has 0 spiro atoms. The molecule has 1 fully saturated rings. The molecule has 0 bridgehead atoms. The number of fused-ring (bicyclic) bond motifs is 1. The van der Waals surface area contributed by atoms with Crippen molar-refractivity contribution in [2.24, 2.45) is 0 Å². The normalized spacial score (nSPS) is 15.0. The SMILES string of the molecule is O=c1[nH]c(NCCCN2CCCC2)nnc1-c1c[nH]c2ccccc12. The van der Waals surface area contributed by atoms with Crippen LogP contribution in [0.2, 0.25) is 0 Å². The summed E-state index contributed by atoms with van der Waals surface area (Å²) in [6, 6.07) is 7.83. The summed E-state index contributed by atoms with van der Waals surface area (Å²) in [5, 5.41) is 12.4. The minimum atomic E-state index is -0.234. The van der Waals surface area contributed by atoms with E-state index in [0.717, 1.165) is 36.0 Å². The van der Waals surface area contributed by atoms with E-state index in [1.807, 2.05) is 24.3 Å². The van der Waals surface area contributed by atoms with E-state index in [1.54, 1.807) is 6.20 Å². The third-order valence-corrected chi connectivity index (χ3v) is 4.68. The summed E-state index contributed by atoms with van der Waals surface area (Å²) in [6.45, 7) is 4.26. The van der Waals surface area contributed by atoms with Gasteiger partial charge >= 0.3 is 0 Å². The molecule has 7 nitrogen and oxygen atoms in total. The number of hydrogen-bond acceptors (Lipinski definition) is 5.